The van der Waals surface area contributed by atoms with E-state index in [2.05, 4.69) is 0 Å². The van der Waals surface area contributed by atoms with E-state index in [9.17, 15) is 4.79 Å². The molecule has 3 heterocycles. The van der Waals surface area contributed by atoms with Crippen molar-refractivity contribution in [3.05, 3.63) is 44.8 Å². The Morgan fingerprint density at radius 2 is 1.67 bits per heavy atom. The van der Waals surface area contributed by atoms with Crippen LogP contribution in [0.1, 0.15) is 43.2 Å². The van der Waals surface area contributed by atoms with E-state index in [1.54, 1.807) is 27.7 Å². The number of rotatable bonds is 3. The Morgan fingerprint density at radius 3 is 2.14 bits per heavy atom. The molecule has 1 saturated heterocycles. The van der Waals surface area contributed by atoms with Gasteiger partial charge in [-0.15, -0.1) is 0 Å². The number of carbonyl (C=O) groups is 1. The van der Waals surface area contributed by atoms with Crippen molar-refractivity contribution < 1.29 is 9.63 Å². The SMILES string of the molecule is O=C1N(C2CCCCC2)OC1(c1ccsc1)c1ccsc1. The zero-order valence-electron chi connectivity index (χ0n) is 11.7. The Kier molecular flexibility index (Phi) is 3.36. The first-order valence-corrected chi connectivity index (χ1v) is 9.29. The Morgan fingerprint density at radius 1 is 1.05 bits per heavy atom. The lowest BCUT2D eigenvalue weighted by Gasteiger charge is -2.50. The predicted molar refractivity (Wildman–Crippen MR) is 84.2 cm³/mol. The largest absolute Gasteiger partial charge is 0.290 e. The molecule has 4 rings (SSSR count). The van der Waals surface area contributed by atoms with Crippen molar-refractivity contribution in [2.45, 2.75) is 43.7 Å². The molecule has 2 aliphatic rings. The summed E-state index contributed by atoms with van der Waals surface area (Å²) in [5.41, 5.74) is 1.03. The summed E-state index contributed by atoms with van der Waals surface area (Å²) in [4.78, 5) is 19.2. The van der Waals surface area contributed by atoms with Crippen molar-refractivity contribution in [3.63, 3.8) is 0 Å². The molecule has 21 heavy (non-hydrogen) atoms. The minimum Gasteiger partial charge on any atom is -0.268 e. The smallest absolute Gasteiger partial charge is 0.268 e. The summed E-state index contributed by atoms with van der Waals surface area (Å²) in [5, 5.41) is 9.70. The van der Waals surface area contributed by atoms with E-state index < -0.39 is 5.60 Å². The van der Waals surface area contributed by atoms with Crippen LogP contribution in [0.15, 0.2) is 33.7 Å². The van der Waals surface area contributed by atoms with Crippen LogP contribution in [0, 0.1) is 0 Å². The topological polar surface area (TPSA) is 29.5 Å². The highest BCUT2D eigenvalue weighted by atomic mass is 32.1. The summed E-state index contributed by atoms with van der Waals surface area (Å²) >= 11 is 3.21. The molecule has 2 aromatic rings. The number of hydrogen-bond donors (Lipinski definition) is 0. The Balaban J connectivity index is 1.66. The van der Waals surface area contributed by atoms with Gasteiger partial charge < -0.3 is 0 Å². The van der Waals surface area contributed by atoms with Gasteiger partial charge >= 0.3 is 0 Å². The molecular weight excluding hydrogens is 302 g/mol. The third-order valence-electron chi connectivity index (χ3n) is 4.50. The molecule has 2 aromatic heterocycles. The van der Waals surface area contributed by atoms with Gasteiger partial charge in [-0.05, 0) is 46.5 Å². The Labute approximate surface area is 132 Å². The molecule has 0 unspecified atom stereocenters. The van der Waals surface area contributed by atoms with Crippen molar-refractivity contribution in [2.24, 2.45) is 0 Å². The summed E-state index contributed by atoms with van der Waals surface area (Å²) in [7, 11) is 0. The van der Waals surface area contributed by atoms with Gasteiger partial charge in [0.1, 0.15) is 0 Å². The van der Waals surface area contributed by atoms with Crippen LogP contribution >= 0.6 is 22.7 Å². The minimum atomic E-state index is -0.891. The van der Waals surface area contributed by atoms with Crippen LogP contribution in [0.5, 0.6) is 0 Å². The van der Waals surface area contributed by atoms with Crippen molar-refractivity contribution in [1.29, 1.82) is 0 Å². The lowest BCUT2D eigenvalue weighted by Crippen LogP contribution is -2.65. The summed E-state index contributed by atoms with van der Waals surface area (Å²) in [6.07, 6.45) is 5.80. The summed E-state index contributed by atoms with van der Waals surface area (Å²) < 4.78 is 0. The van der Waals surface area contributed by atoms with Crippen LogP contribution in [0.4, 0.5) is 0 Å². The molecular formula is C16H17NO2S2. The van der Waals surface area contributed by atoms with Crippen LogP contribution in [-0.4, -0.2) is 17.0 Å². The maximum absolute atomic E-state index is 13.0. The molecule has 1 amide bonds. The molecule has 0 aromatic carbocycles. The molecule has 5 heteroatoms. The predicted octanol–water partition coefficient (Wildman–Crippen LogP) is 4.16. The number of thiophene rings is 2. The average molecular weight is 319 g/mol. The molecule has 110 valence electrons. The van der Waals surface area contributed by atoms with Crippen molar-refractivity contribution in [1.82, 2.24) is 5.06 Å². The van der Waals surface area contributed by atoms with Gasteiger partial charge in [0.25, 0.3) is 5.91 Å². The fourth-order valence-electron chi connectivity index (χ4n) is 3.35. The summed E-state index contributed by atoms with van der Waals surface area (Å²) in [5.74, 6) is 0.103. The minimum absolute atomic E-state index is 0.103. The number of hydroxylamine groups is 2. The lowest BCUT2D eigenvalue weighted by atomic mass is 9.84. The number of amides is 1. The fourth-order valence-corrected chi connectivity index (χ4v) is 4.74. The molecule has 0 bridgehead atoms. The molecule has 0 radical (unpaired) electrons. The molecule has 1 saturated carbocycles. The van der Waals surface area contributed by atoms with Crippen LogP contribution in [0.25, 0.3) is 0 Å². The van der Waals surface area contributed by atoms with Crippen LogP contribution in [0.2, 0.25) is 0 Å². The van der Waals surface area contributed by atoms with Gasteiger partial charge in [0.2, 0.25) is 5.60 Å². The van der Waals surface area contributed by atoms with Crippen molar-refractivity contribution in [3.8, 4) is 0 Å². The molecule has 0 atom stereocenters. The highest BCUT2D eigenvalue weighted by Crippen LogP contribution is 2.47. The van der Waals surface area contributed by atoms with E-state index in [0.29, 0.717) is 0 Å². The van der Waals surface area contributed by atoms with Gasteiger partial charge in [0.15, 0.2) is 0 Å². The molecule has 2 fully saturated rings. The molecule has 0 spiro atoms. The second-order valence-corrected chi connectivity index (χ2v) is 7.28. The first kappa shape index (κ1) is 13.5. The van der Waals surface area contributed by atoms with Crippen LogP contribution in [0.3, 0.4) is 0 Å². The van der Waals surface area contributed by atoms with Crippen molar-refractivity contribution >= 4 is 28.6 Å². The van der Waals surface area contributed by atoms with E-state index in [-0.39, 0.29) is 11.9 Å². The molecule has 1 aliphatic carbocycles. The van der Waals surface area contributed by atoms with Gasteiger partial charge in [0, 0.05) is 11.1 Å². The molecule has 0 N–H and O–H groups in total. The highest BCUT2D eigenvalue weighted by molar-refractivity contribution is 7.08. The van der Waals surface area contributed by atoms with E-state index in [1.807, 2.05) is 33.7 Å². The van der Waals surface area contributed by atoms with Crippen LogP contribution < -0.4 is 0 Å². The van der Waals surface area contributed by atoms with Crippen molar-refractivity contribution in [2.75, 3.05) is 0 Å². The second kappa shape index (κ2) is 5.23. The third-order valence-corrected chi connectivity index (χ3v) is 5.86. The lowest BCUT2D eigenvalue weighted by molar-refractivity contribution is -0.316. The average Bonchev–Trinajstić information content (AvgIpc) is 3.21. The number of carbonyl (C=O) groups excluding carboxylic acids is 1. The van der Waals surface area contributed by atoms with Crippen LogP contribution in [-0.2, 0) is 15.2 Å². The Bertz CT molecular complexity index is 581. The van der Waals surface area contributed by atoms with E-state index in [4.69, 9.17) is 4.84 Å². The van der Waals surface area contributed by atoms with Gasteiger partial charge in [-0.25, -0.2) is 9.90 Å². The summed E-state index contributed by atoms with van der Waals surface area (Å²) in [6.45, 7) is 0. The van der Waals surface area contributed by atoms with Gasteiger partial charge in [-0.2, -0.15) is 22.7 Å². The molecule has 3 nitrogen and oxygen atoms in total. The zero-order chi connectivity index (χ0) is 14.3. The zero-order valence-corrected chi connectivity index (χ0v) is 13.3. The van der Waals surface area contributed by atoms with E-state index in [0.717, 1.165) is 24.0 Å². The first-order valence-electron chi connectivity index (χ1n) is 7.40. The molecule has 1 aliphatic heterocycles. The second-order valence-electron chi connectivity index (χ2n) is 5.72. The van der Waals surface area contributed by atoms with E-state index in [1.165, 1.54) is 19.3 Å². The Hall–Kier alpha value is -1.17. The van der Waals surface area contributed by atoms with Gasteiger partial charge in [-0.1, -0.05) is 19.3 Å². The summed E-state index contributed by atoms with van der Waals surface area (Å²) in [6, 6.07) is 4.26. The third kappa shape index (κ3) is 1.99. The highest BCUT2D eigenvalue weighted by Gasteiger charge is 2.59. The number of nitrogens with zero attached hydrogens (tertiary/aromatic N) is 1. The number of hydrogen-bond acceptors (Lipinski definition) is 4. The van der Waals surface area contributed by atoms with E-state index >= 15 is 0 Å². The first-order chi connectivity index (χ1) is 10.3. The monoisotopic (exact) mass is 319 g/mol. The van der Waals surface area contributed by atoms with Gasteiger partial charge in [0.05, 0.1) is 6.04 Å². The fraction of sp³-hybridized carbons (Fsp3) is 0.438. The standard InChI is InChI=1S/C16H17NO2S2/c18-15-16(12-6-8-20-10-12,13-7-9-21-11-13)19-17(15)14-4-2-1-3-5-14/h6-11,14H,1-5H2. The van der Waals surface area contributed by atoms with Gasteiger partial charge in [-0.3, -0.25) is 4.79 Å². The maximum Gasteiger partial charge on any atom is 0.290 e. The maximum atomic E-state index is 13.0. The quantitative estimate of drug-likeness (QED) is 0.850. The normalized spacial score (nSPS) is 22.3.